The molecular weight excluding hydrogens is 296 g/mol. The molecule has 0 fully saturated rings. The second-order valence-electron chi connectivity index (χ2n) is 4.10. The molecule has 0 aliphatic carbocycles. The molecule has 0 saturated carbocycles. The van der Waals surface area contributed by atoms with Crippen molar-refractivity contribution >= 4 is 40.4 Å². The van der Waals surface area contributed by atoms with Crippen LogP contribution in [0.5, 0.6) is 0 Å². The molecule has 2 amide bonds. The van der Waals surface area contributed by atoms with E-state index < -0.39 is 11.8 Å². The van der Waals surface area contributed by atoms with Crippen molar-refractivity contribution in [1.82, 2.24) is 5.32 Å². The number of nitrogens with one attached hydrogen (secondary N) is 2. The molecule has 6 heteroatoms. The molecule has 0 atom stereocenters. The largest absolute Gasteiger partial charge is 0.347 e. The van der Waals surface area contributed by atoms with Crippen LogP contribution in [0, 0.1) is 0 Å². The van der Waals surface area contributed by atoms with Crippen molar-refractivity contribution in [3.8, 4) is 0 Å². The van der Waals surface area contributed by atoms with Gasteiger partial charge in [-0.25, -0.2) is 0 Å². The van der Waals surface area contributed by atoms with Gasteiger partial charge in [0.1, 0.15) is 0 Å². The molecule has 1 aromatic heterocycles. The molecule has 2 N–H and O–H groups in total. The summed E-state index contributed by atoms with van der Waals surface area (Å²) in [5, 5.41) is 9.56. The van der Waals surface area contributed by atoms with E-state index in [4.69, 9.17) is 11.6 Å². The molecule has 0 saturated heterocycles. The summed E-state index contributed by atoms with van der Waals surface area (Å²) >= 11 is 7.40. The average molecular weight is 309 g/mol. The lowest BCUT2D eigenvalue weighted by Crippen LogP contribution is -2.36. The quantitative estimate of drug-likeness (QED) is 0.853. The fourth-order valence-corrected chi connectivity index (χ4v) is 2.48. The molecule has 0 unspecified atom stereocenters. The van der Waals surface area contributed by atoms with Gasteiger partial charge in [0.15, 0.2) is 0 Å². The van der Waals surface area contributed by atoms with Crippen LogP contribution in [0.2, 0.25) is 5.02 Å². The Hall–Kier alpha value is -1.85. The Balaban J connectivity index is 1.78. The highest BCUT2D eigenvalue weighted by Crippen LogP contribution is 2.14. The van der Waals surface area contributed by atoms with Crippen molar-refractivity contribution in [3.05, 3.63) is 51.7 Å². The van der Waals surface area contributed by atoms with Crippen LogP contribution in [0.4, 0.5) is 5.69 Å². The van der Waals surface area contributed by atoms with E-state index in [0.29, 0.717) is 23.7 Å². The summed E-state index contributed by atoms with van der Waals surface area (Å²) in [6, 6.07) is 8.63. The Morgan fingerprint density at radius 3 is 2.75 bits per heavy atom. The van der Waals surface area contributed by atoms with Gasteiger partial charge < -0.3 is 10.6 Å². The van der Waals surface area contributed by atoms with Crippen LogP contribution >= 0.6 is 22.9 Å². The summed E-state index contributed by atoms with van der Waals surface area (Å²) in [5.74, 6) is -1.35. The minimum Gasteiger partial charge on any atom is -0.347 e. The summed E-state index contributed by atoms with van der Waals surface area (Å²) < 4.78 is 0. The minimum atomic E-state index is -0.697. The molecule has 2 rings (SSSR count). The van der Waals surface area contributed by atoms with Crippen molar-refractivity contribution in [2.24, 2.45) is 0 Å². The molecule has 1 aromatic carbocycles. The van der Waals surface area contributed by atoms with Crippen LogP contribution in [-0.4, -0.2) is 18.4 Å². The third kappa shape index (κ3) is 4.36. The van der Waals surface area contributed by atoms with Gasteiger partial charge >= 0.3 is 11.8 Å². The normalized spacial score (nSPS) is 10.1. The number of carbonyl (C=O) groups is 2. The van der Waals surface area contributed by atoms with Crippen LogP contribution in [0.25, 0.3) is 0 Å². The zero-order valence-corrected chi connectivity index (χ0v) is 12.1. The lowest BCUT2D eigenvalue weighted by molar-refractivity contribution is -0.136. The van der Waals surface area contributed by atoms with E-state index in [1.807, 2.05) is 16.8 Å². The Morgan fingerprint density at radius 1 is 1.20 bits per heavy atom. The topological polar surface area (TPSA) is 58.2 Å². The maximum atomic E-state index is 11.7. The number of rotatable bonds is 4. The number of halogens is 1. The maximum absolute atomic E-state index is 11.7. The second kappa shape index (κ2) is 7.07. The Labute approximate surface area is 125 Å². The van der Waals surface area contributed by atoms with Crippen LogP contribution in [0.3, 0.4) is 0 Å². The predicted octanol–water partition coefficient (Wildman–Crippen LogP) is 2.70. The van der Waals surface area contributed by atoms with Crippen molar-refractivity contribution in [1.29, 1.82) is 0 Å². The van der Waals surface area contributed by atoms with Crippen molar-refractivity contribution in [2.75, 3.05) is 11.9 Å². The van der Waals surface area contributed by atoms with Gasteiger partial charge in [-0.2, -0.15) is 11.3 Å². The van der Waals surface area contributed by atoms with Gasteiger partial charge in [-0.15, -0.1) is 0 Å². The standard InChI is InChI=1S/C14H13ClN2O2S/c15-11-2-1-3-12(8-11)17-14(19)13(18)16-6-4-10-5-7-20-9-10/h1-3,5,7-9H,4,6H2,(H,16,18)(H,17,19). The van der Waals surface area contributed by atoms with Crippen molar-refractivity contribution < 1.29 is 9.59 Å². The first kappa shape index (κ1) is 14.6. The first-order valence-electron chi connectivity index (χ1n) is 6.01. The Morgan fingerprint density at radius 2 is 2.05 bits per heavy atom. The summed E-state index contributed by atoms with van der Waals surface area (Å²) in [5.41, 5.74) is 1.64. The lowest BCUT2D eigenvalue weighted by Gasteiger charge is -2.06. The number of thiophene rings is 1. The highest BCUT2D eigenvalue weighted by molar-refractivity contribution is 7.07. The number of hydrogen-bond acceptors (Lipinski definition) is 3. The number of benzene rings is 1. The molecule has 4 nitrogen and oxygen atoms in total. The van der Waals surface area contributed by atoms with E-state index in [2.05, 4.69) is 10.6 Å². The third-order valence-electron chi connectivity index (χ3n) is 2.57. The molecular formula is C14H13ClN2O2S. The van der Waals surface area contributed by atoms with Crippen molar-refractivity contribution in [2.45, 2.75) is 6.42 Å². The van der Waals surface area contributed by atoms with E-state index >= 15 is 0 Å². The third-order valence-corrected chi connectivity index (χ3v) is 3.54. The molecule has 0 aliphatic rings. The zero-order valence-electron chi connectivity index (χ0n) is 10.6. The SMILES string of the molecule is O=C(NCCc1ccsc1)C(=O)Nc1cccc(Cl)c1. The molecule has 0 radical (unpaired) electrons. The molecule has 20 heavy (non-hydrogen) atoms. The molecule has 1 heterocycles. The van der Waals surface area contributed by atoms with E-state index in [1.54, 1.807) is 35.6 Å². The Kier molecular flexibility index (Phi) is 5.15. The Bertz CT molecular complexity index is 599. The minimum absolute atomic E-state index is 0.429. The van der Waals surface area contributed by atoms with Crippen LogP contribution in [0.1, 0.15) is 5.56 Å². The van der Waals surface area contributed by atoms with Gasteiger partial charge in [0.2, 0.25) is 0 Å². The first-order valence-corrected chi connectivity index (χ1v) is 7.33. The maximum Gasteiger partial charge on any atom is 0.313 e. The molecule has 0 bridgehead atoms. The lowest BCUT2D eigenvalue weighted by atomic mass is 10.2. The molecule has 0 aliphatic heterocycles. The predicted molar refractivity (Wildman–Crippen MR) is 81.1 cm³/mol. The van der Waals surface area contributed by atoms with Crippen LogP contribution in [0.15, 0.2) is 41.1 Å². The zero-order chi connectivity index (χ0) is 14.4. The monoisotopic (exact) mass is 308 g/mol. The van der Waals surface area contributed by atoms with Gasteiger partial charge in [-0.05, 0) is 47.0 Å². The summed E-state index contributed by atoms with van der Waals surface area (Å²) in [6.45, 7) is 0.429. The number of anilines is 1. The van der Waals surface area contributed by atoms with Crippen LogP contribution in [-0.2, 0) is 16.0 Å². The number of carbonyl (C=O) groups excluding carboxylic acids is 2. The summed E-state index contributed by atoms with van der Waals surface area (Å²) in [6.07, 6.45) is 0.708. The van der Waals surface area contributed by atoms with E-state index in [1.165, 1.54) is 0 Å². The average Bonchev–Trinajstić information content (AvgIpc) is 2.91. The van der Waals surface area contributed by atoms with Gasteiger partial charge in [0, 0.05) is 17.3 Å². The number of hydrogen-bond donors (Lipinski definition) is 2. The van der Waals surface area contributed by atoms with Crippen LogP contribution < -0.4 is 10.6 Å². The fraction of sp³-hybridized carbons (Fsp3) is 0.143. The number of amides is 2. The summed E-state index contributed by atoms with van der Waals surface area (Å²) in [7, 11) is 0. The summed E-state index contributed by atoms with van der Waals surface area (Å²) in [4.78, 5) is 23.3. The highest BCUT2D eigenvalue weighted by Gasteiger charge is 2.13. The second-order valence-corrected chi connectivity index (χ2v) is 5.32. The van der Waals surface area contributed by atoms with Gasteiger partial charge in [0.05, 0.1) is 0 Å². The van der Waals surface area contributed by atoms with Gasteiger partial charge in [-0.1, -0.05) is 17.7 Å². The van der Waals surface area contributed by atoms with E-state index in [0.717, 1.165) is 5.56 Å². The van der Waals surface area contributed by atoms with Gasteiger partial charge in [-0.3, -0.25) is 9.59 Å². The first-order chi connectivity index (χ1) is 9.65. The fourth-order valence-electron chi connectivity index (χ4n) is 1.59. The molecule has 0 spiro atoms. The van der Waals surface area contributed by atoms with E-state index in [-0.39, 0.29) is 0 Å². The molecule has 104 valence electrons. The smallest absolute Gasteiger partial charge is 0.313 e. The van der Waals surface area contributed by atoms with Crippen molar-refractivity contribution in [3.63, 3.8) is 0 Å². The highest BCUT2D eigenvalue weighted by atomic mass is 35.5. The van der Waals surface area contributed by atoms with Gasteiger partial charge in [0.25, 0.3) is 0 Å². The van der Waals surface area contributed by atoms with E-state index in [9.17, 15) is 9.59 Å². The molecule has 2 aromatic rings.